The van der Waals surface area contributed by atoms with Crippen LogP contribution in [0.25, 0.3) is 0 Å². The Labute approximate surface area is 98.8 Å². The topological polar surface area (TPSA) is 67.9 Å². The first kappa shape index (κ1) is 11.3. The Kier molecular flexibility index (Phi) is 2.91. The SMILES string of the molecule is COc1c(C(=O)c2ncn[nH]2)ccc(C)c1C. The van der Waals surface area contributed by atoms with E-state index < -0.39 is 0 Å². The third-order valence-corrected chi connectivity index (χ3v) is 2.76. The quantitative estimate of drug-likeness (QED) is 0.816. The number of ketones is 1. The van der Waals surface area contributed by atoms with Crippen molar-refractivity contribution >= 4 is 5.78 Å². The molecular formula is C12H13N3O2. The van der Waals surface area contributed by atoms with Crippen molar-refractivity contribution in [3.8, 4) is 5.75 Å². The summed E-state index contributed by atoms with van der Waals surface area (Å²) in [6.07, 6.45) is 1.31. The summed E-state index contributed by atoms with van der Waals surface area (Å²) in [5, 5.41) is 6.22. The minimum absolute atomic E-state index is 0.214. The van der Waals surface area contributed by atoms with Crippen LogP contribution in [0.4, 0.5) is 0 Å². The highest BCUT2D eigenvalue weighted by molar-refractivity contribution is 6.08. The third-order valence-electron chi connectivity index (χ3n) is 2.76. The van der Waals surface area contributed by atoms with E-state index in [-0.39, 0.29) is 11.6 Å². The zero-order valence-electron chi connectivity index (χ0n) is 9.94. The molecule has 1 aromatic heterocycles. The van der Waals surface area contributed by atoms with Crippen molar-refractivity contribution in [1.82, 2.24) is 15.2 Å². The van der Waals surface area contributed by atoms with Gasteiger partial charge in [-0.3, -0.25) is 9.89 Å². The van der Waals surface area contributed by atoms with Gasteiger partial charge in [0.2, 0.25) is 5.78 Å². The van der Waals surface area contributed by atoms with Gasteiger partial charge in [-0.25, -0.2) is 4.98 Å². The Bertz CT molecular complexity index is 547. The fourth-order valence-corrected chi connectivity index (χ4v) is 1.67. The molecule has 0 fully saturated rings. The predicted molar refractivity (Wildman–Crippen MR) is 62.3 cm³/mol. The van der Waals surface area contributed by atoms with E-state index in [9.17, 15) is 4.79 Å². The van der Waals surface area contributed by atoms with E-state index in [1.54, 1.807) is 13.2 Å². The molecule has 0 aliphatic carbocycles. The number of aromatic amines is 1. The largest absolute Gasteiger partial charge is 0.496 e. The Morgan fingerprint density at radius 3 is 2.71 bits per heavy atom. The number of ether oxygens (including phenoxy) is 1. The highest BCUT2D eigenvalue weighted by Crippen LogP contribution is 2.27. The van der Waals surface area contributed by atoms with E-state index in [4.69, 9.17) is 4.74 Å². The van der Waals surface area contributed by atoms with Crippen LogP contribution < -0.4 is 4.74 Å². The lowest BCUT2D eigenvalue weighted by atomic mass is 10.0. The van der Waals surface area contributed by atoms with E-state index in [1.165, 1.54) is 6.33 Å². The minimum Gasteiger partial charge on any atom is -0.496 e. The number of carbonyl (C=O) groups excluding carboxylic acids is 1. The molecule has 0 atom stereocenters. The Hall–Kier alpha value is -2.17. The fraction of sp³-hybridized carbons (Fsp3) is 0.250. The zero-order valence-corrected chi connectivity index (χ0v) is 9.94. The molecule has 5 nitrogen and oxygen atoms in total. The molecule has 0 aliphatic heterocycles. The summed E-state index contributed by atoms with van der Waals surface area (Å²) in [4.78, 5) is 16.0. The number of hydrogen-bond acceptors (Lipinski definition) is 4. The lowest BCUT2D eigenvalue weighted by Gasteiger charge is -2.11. The first-order valence-corrected chi connectivity index (χ1v) is 5.19. The zero-order chi connectivity index (χ0) is 12.4. The summed E-state index contributed by atoms with van der Waals surface area (Å²) in [6, 6.07) is 3.63. The minimum atomic E-state index is -0.220. The molecular weight excluding hydrogens is 218 g/mol. The Morgan fingerprint density at radius 1 is 1.35 bits per heavy atom. The summed E-state index contributed by atoms with van der Waals surface area (Å²) in [5.41, 5.74) is 2.53. The van der Waals surface area contributed by atoms with Gasteiger partial charge < -0.3 is 4.74 Å². The van der Waals surface area contributed by atoms with Crippen LogP contribution in [0.3, 0.4) is 0 Å². The first-order chi connectivity index (χ1) is 8.15. The van der Waals surface area contributed by atoms with Gasteiger partial charge in [0, 0.05) is 0 Å². The van der Waals surface area contributed by atoms with Gasteiger partial charge in [0.05, 0.1) is 12.7 Å². The molecule has 1 heterocycles. The second kappa shape index (κ2) is 4.37. The smallest absolute Gasteiger partial charge is 0.233 e. The van der Waals surface area contributed by atoms with E-state index in [0.29, 0.717) is 11.3 Å². The van der Waals surface area contributed by atoms with Gasteiger partial charge in [-0.05, 0) is 31.0 Å². The molecule has 1 N–H and O–H groups in total. The van der Waals surface area contributed by atoms with Crippen molar-refractivity contribution < 1.29 is 9.53 Å². The average Bonchev–Trinajstić information content (AvgIpc) is 2.85. The summed E-state index contributed by atoms with van der Waals surface area (Å²) in [7, 11) is 1.55. The molecule has 0 unspecified atom stereocenters. The van der Waals surface area contributed by atoms with Crippen LogP contribution in [0.2, 0.25) is 0 Å². The molecule has 0 saturated carbocycles. The summed E-state index contributed by atoms with van der Waals surface area (Å²) in [6.45, 7) is 3.89. The Balaban J connectivity index is 2.53. The summed E-state index contributed by atoms with van der Waals surface area (Å²) in [5.74, 6) is 0.584. The number of carbonyl (C=O) groups is 1. The number of methoxy groups -OCH3 is 1. The number of benzene rings is 1. The van der Waals surface area contributed by atoms with Crippen LogP contribution in [0, 0.1) is 13.8 Å². The second-order valence-electron chi connectivity index (χ2n) is 3.75. The molecule has 0 aliphatic rings. The van der Waals surface area contributed by atoms with Crippen molar-refractivity contribution in [2.75, 3.05) is 7.11 Å². The van der Waals surface area contributed by atoms with Gasteiger partial charge in [-0.2, -0.15) is 5.10 Å². The van der Waals surface area contributed by atoms with Gasteiger partial charge in [-0.15, -0.1) is 0 Å². The van der Waals surface area contributed by atoms with Gasteiger partial charge in [0.15, 0.2) is 5.82 Å². The monoisotopic (exact) mass is 231 g/mol. The van der Waals surface area contributed by atoms with Crippen molar-refractivity contribution in [2.24, 2.45) is 0 Å². The maximum Gasteiger partial charge on any atom is 0.233 e. The summed E-state index contributed by atoms with van der Waals surface area (Å²) < 4.78 is 5.29. The number of nitrogens with zero attached hydrogens (tertiary/aromatic N) is 2. The maximum atomic E-state index is 12.1. The van der Waals surface area contributed by atoms with E-state index in [0.717, 1.165) is 11.1 Å². The van der Waals surface area contributed by atoms with Gasteiger partial charge in [0.25, 0.3) is 0 Å². The molecule has 1 aromatic carbocycles. The van der Waals surface area contributed by atoms with Crippen molar-refractivity contribution in [1.29, 1.82) is 0 Å². The average molecular weight is 231 g/mol. The Morgan fingerprint density at radius 2 is 2.12 bits per heavy atom. The molecule has 0 bridgehead atoms. The maximum absolute atomic E-state index is 12.1. The van der Waals surface area contributed by atoms with Crippen LogP contribution in [0.5, 0.6) is 5.75 Å². The van der Waals surface area contributed by atoms with Gasteiger partial charge in [-0.1, -0.05) is 6.07 Å². The molecule has 17 heavy (non-hydrogen) atoms. The number of rotatable bonds is 3. The van der Waals surface area contributed by atoms with E-state index in [1.807, 2.05) is 19.9 Å². The van der Waals surface area contributed by atoms with Crippen molar-refractivity contribution in [3.05, 3.63) is 41.0 Å². The van der Waals surface area contributed by atoms with Crippen molar-refractivity contribution in [2.45, 2.75) is 13.8 Å². The highest BCUT2D eigenvalue weighted by atomic mass is 16.5. The lowest BCUT2D eigenvalue weighted by molar-refractivity contribution is 0.102. The van der Waals surface area contributed by atoms with Crippen LogP contribution >= 0.6 is 0 Å². The normalized spacial score (nSPS) is 10.3. The molecule has 88 valence electrons. The molecule has 0 radical (unpaired) electrons. The molecule has 0 amide bonds. The predicted octanol–water partition coefficient (Wildman–Crippen LogP) is 1.66. The third kappa shape index (κ3) is 1.91. The lowest BCUT2D eigenvalue weighted by Crippen LogP contribution is -2.07. The fourth-order valence-electron chi connectivity index (χ4n) is 1.67. The molecule has 5 heteroatoms. The second-order valence-corrected chi connectivity index (χ2v) is 3.75. The molecule has 0 saturated heterocycles. The van der Waals surface area contributed by atoms with Gasteiger partial charge >= 0.3 is 0 Å². The number of aryl methyl sites for hydroxylation is 1. The number of H-pyrrole nitrogens is 1. The van der Waals surface area contributed by atoms with Gasteiger partial charge in [0.1, 0.15) is 12.1 Å². The molecule has 2 aromatic rings. The van der Waals surface area contributed by atoms with E-state index in [2.05, 4.69) is 15.2 Å². The standard InChI is InChI=1S/C12H13N3O2/c1-7-4-5-9(11(17-3)8(7)2)10(16)12-13-6-14-15-12/h4-6H,1-3H3,(H,13,14,15). The van der Waals surface area contributed by atoms with Crippen LogP contribution in [-0.4, -0.2) is 28.1 Å². The van der Waals surface area contributed by atoms with Crippen LogP contribution in [0.1, 0.15) is 27.3 Å². The highest BCUT2D eigenvalue weighted by Gasteiger charge is 2.18. The first-order valence-electron chi connectivity index (χ1n) is 5.19. The number of hydrogen-bond donors (Lipinski definition) is 1. The number of nitrogens with one attached hydrogen (secondary N) is 1. The molecule has 2 rings (SSSR count). The van der Waals surface area contributed by atoms with Crippen LogP contribution in [0.15, 0.2) is 18.5 Å². The number of aromatic nitrogens is 3. The van der Waals surface area contributed by atoms with Crippen molar-refractivity contribution in [3.63, 3.8) is 0 Å². The molecule has 0 spiro atoms. The van der Waals surface area contributed by atoms with E-state index >= 15 is 0 Å². The van der Waals surface area contributed by atoms with Crippen LogP contribution in [-0.2, 0) is 0 Å². The summed E-state index contributed by atoms with van der Waals surface area (Å²) >= 11 is 0.